The molecule has 1 heterocycles. The zero-order valence-electron chi connectivity index (χ0n) is 11.1. The van der Waals surface area contributed by atoms with Gasteiger partial charge in [-0.15, -0.1) is 0 Å². The summed E-state index contributed by atoms with van der Waals surface area (Å²) >= 11 is 0. The number of ether oxygens (including phenoxy) is 1. The van der Waals surface area contributed by atoms with E-state index in [-0.39, 0.29) is 11.9 Å². The maximum atomic E-state index is 11.8. The van der Waals surface area contributed by atoms with Crippen LogP contribution in [0.4, 0.5) is 0 Å². The fraction of sp³-hybridized carbons (Fsp3) is 0.533. The fourth-order valence-corrected chi connectivity index (χ4v) is 2.56. The standard InChI is InChI=1S/C15H21NO2/c1-3-18-15(17)14-8-13(9-16-10-14)12-6-4-5-11(2)7-12/h4-7,13-14,16H,3,8-10H2,1-2H3. The highest BCUT2D eigenvalue weighted by Crippen LogP contribution is 2.27. The third-order valence-corrected chi connectivity index (χ3v) is 3.48. The number of carbonyl (C=O) groups is 1. The molecular formula is C15H21NO2. The molecule has 1 aromatic rings. The van der Waals surface area contributed by atoms with Crippen molar-refractivity contribution >= 4 is 5.97 Å². The molecule has 3 nitrogen and oxygen atoms in total. The molecule has 1 N–H and O–H groups in total. The summed E-state index contributed by atoms with van der Waals surface area (Å²) in [6, 6.07) is 8.54. The van der Waals surface area contributed by atoms with Crippen molar-refractivity contribution in [1.82, 2.24) is 5.32 Å². The van der Waals surface area contributed by atoms with Crippen LogP contribution in [0.25, 0.3) is 0 Å². The lowest BCUT2D eigenvalue weighted by Gasteiger charge is -2.29. The van der Waals surface area contributed by atoms with E-state index in [2.05, 4.69) is 36.5 Å². The van der Waals surface area contributed by atoms with Crippen LogP contribution >= 0.6 is 0 Å². The second-order valence-electron chi connectivity index (χ2n) is 4.95. The second-order valence-corrected chi connectivity index (χ2v) is 4.95. The first kappa shape index (κ1) is 13.1. The van der Waals surface area contributed by atoms with Gasteiger partial charge in [0.25, 0.3) is 0 Å². The molecule has 1 aromatic carbocycles. The molecule has 0 amide bonds. The normalized spacial score (nSPS) is 23.7. The summed E-state index contributed by atoms with van der Waals surface area (Å²) < 4.78 is 5.11. The van der Waals surface area contributed by atoms with Gasteiger partial charge in [0.05, 0.1) is 12.5 Å². The van der Waals surface area contributed by atoms with Crippen LogP contribution in [0.2, 0.25) is 0 Å². The Morgan fingerprint density at radius 3 is 3.00 bits per heavy atom. The van der Waals surface area contributed by atoms with Gasteiger partial charge in [0.1, 0.15) is 0 Å². The van der Waals surface area contributed by atoms with Gasteiger partial charge in [-0.2, -0.15) is 0 Å². The highest BCUT2D eigenvalue weighted by molar-refractivity contribution is 5.73. The summed E-state index contributed by atoms with van der Waals surface area (Å²) in [4.78, 5) is 11.8. The lowest BCUT2D eigenvalue weighted by atomic mass is 9.85. The molecule has 0 aromatic heterocycles. The molecule has 98 valence electrons. The predicted octanol–water partition coefficient (Wildman–Crippen LogP) is 2.25. The van der Waals surface area contributed by atoms with E-state index in [0.717, 1.165) is 19.5 Å². The number of esters is 1. The summed E-state index contributed by atoms with van der Waals surface area (Å²) in [5, 5.41) is 3.34. The van der Waals surface area contributed by atoms with Crippen molar-refractivity contribution in [3.8, 4) is 0 Å². The monoisotopic (exact) mass is 247 g/mol. The Morgan fingerprint density at radius 1 is 1.44 bits per heavy atom. The zero-order chi connectivity index (χ0) is 13.0. The third kappa shape index (κ3) is 3.10. The van der Waals surface area contributed by atoms with Crippen LogP contribution in [-0.4, -0.2) is 25.7 Å². The lowest BCUT2D eigenvalue weighted by Crippen LogP contribution is -2.39. The topological polar surface area (TPSA) is 38.3 Å². The van der Waals surface area contributed by atoms with E-state index in [1.807, 2.05) is 6.92 Å². The minimum absolute atomic E-state index is 0.00999. The molecule has 1 fully saturated rings. The van der Waals surface area contributed by atoms with E-state index < -0.39 is 0 Å². The van der Waals surface area contributed by atoms with Gasteiger partial charge in [0, 0.05) is 13.1 Å². The van der Waals surface area contributed by atoms with E-state index in [1.165, 1.54) is 11.1 Å². The van der Waals surface area contributed by atoms with Crippen molar-refractivity contribution in [2.24, 2.45) is 5.92 Å². The molecular weight excluding hydrogens is 226 g/mol. The summed E-state index contributed by atoms with van der Waals surface area (Å²) in [6.07, 6.45) is 0.884. The molecule has 0 radical (unpaired) electrons. The van der Waals surface area contributed by atoms with Crippen LogP contribution in [0.1, 0.15) is 30.4 Å². The Labute approximate surface area is 109 Å². The summed E-state index contributed by atoms with van der Waals surface area (Å²) in [6.45, 7) is 6.10. The van der Waals surface area contributed by atoms with Gasteiger partial charge in [-0.3, -0.25) is 4.79 Å². The summed E-state index contributed by atoms with van der Waals surface area (Å²) in [7, 11) is 0. The molecule has 0 saturated carbocycles. The van der Waals surface area contributed by atoms with Crippen molar-refractivity contribution < 1.29 is 9.53 Å². The number of benzene rings is 1. The van der Waals surface area contributed by atoms with E-state index in [1.54, 1.807) is 0 Å². The number of piperidine rings is 1. The van der Waals surface area contributed by atoms with Crippen LogP contribution in [0.5, 0.6) is 0 Å². The predicted molar refractivity (Wildman–Crippen MR) is 71.5 cm³/mol. The van der Waals surface area contributed by atoms with Crippen molar-refractivity contribution in [3.05, 3.63) is 35.4 Å². The zero-order valence-corrected chi connectivity index (χ0v) is 11.1. The van der Waals surface area contributed by atoms with Crippen LogP contribution in [-0.2, 0) is 9.53 Å². The molecule has 1 aliphatic heterocycles. The van der Waals surface area contributed by atoms with Gasteiger partial charge in [-0.25, -0.2) is 0 Å². The van der Waals surface area contributed by atoms with Crippen LogP contribution < -0.4 is 5.32 Å². The molecule has 2 unspecified atom stereocenters. The van der Waals surface area contributed by atoms with Crippen molar-refractivity contribution in [2.75, 3.05) is 19.7 Å². The number of nitrogens with one attached hydrogen (secondary N) is 1. The molecule has 1 aliphatic rings. The van der Waals surface area contributed by atoms with Crippen molar-refractivity contribution in [1.29, 1.82) is 0 Å². The number of rotatable bonds is 3. The Hall–Kier alpha value is -1.35. The van der Waals surface area contributed by atoms with Gasteiger partial charge in [-0.1, -0.05) is 29.8 Å². The van der Waals surface area contributed by atoms with Gasteiger partial charge in [0.2, 0.25) is 0 Å². The van der Waals surface area contributed by atoms with Crippen molar-refractivity contribution in [3.63, 3.8) is 0 Å². The average Bonchev–Trinajstić information content (AvgIpc) is 2.39. The molecule has 2 atom stereocenters. The Morgan fingerprint density at radius 2 is 2.28 bits per heavy atom. The summed E-state index contributed by atoms with van der Waals surface area (Å²) in [5.74, 6) is 0.333. The Balaban J connectivity index is 2.04. The average molecular weight is 247 g/mol. The number of aryl methyl sites for hydroxylation is 1. The SMILES string of the molecule is CCOC(=O)C1CNCC(c2cccc(C)c2)C1. The van der Waals surface area contributed by atoms with E-state index in [0.29, 0.717) is 12.5 Å². The van der Waals surface area contributed by atoms with Gasteiger partial charge in [-0.05, 0) is 31.7 Å². The first-order chi connectivity index (χ1) is 8.70. The van der Waals surface area contributed by atoms with Crippen LogP contribution in [0, 0.1) is 12.8 Å². The van der Waals surface area contributed by atoms with E-state index in [4.69, 9.17) is 4.74 Å². The highest BCUT2D eigenvalue weighted by atomic mass is 16.5. The summed E-state index contributed by atoms with van der Waals surface area (Å²) in [5.41, 5.74) is 2.59. The number of hydrogen-bond donors (Lipinski definition) is 1. The number of carbonyl (C=O) groups excluding carboxylic acids is 1. The minimum Gasteiger partial charge on any atom is -0.466 e. The fourth-order valence-electron chi connectivity index (χ4n) is 2.56. The Bertz CT molecular complexity index is 417. The van der Waals surface area contributed by atoms with Gasteiger partial charge >= 0.3 is 5.97 Å². The Kier molecular flexibility index (Phi) is 4.37. The highest BCUT2D eigenvalue weighted by Gasteiger charge is 2.28. The van der Waals surface area contributed by atoms with Gasteiger partial charge in [0.15, 0.2) is 0 Å². The molecule has 2 rings (SSSR count). The molecule has 0 bridgehead atoms. The smallest absolute Gasteiger partial charge is 0.310 e. The van der Waals surface area contributed by atoms with E-state index >= 15 is 0 Å². The van der Waals surface area contributed by atoms with Crippen molar-refractivity contribution in [2.45, 2.75) is 26.2 Å². The minimum atomic E-state index is -0.0673. The van der Waals surface area contributed by atoms with Crippen LogP contribution in [0.3, 0.4) is 0 Å². The lowest BCUT2D eigenvalue weighted by molar-refractivity contribution is -0.148. The molecule has 0 aliphatic carbocycles. The maximum absolute atomic E-state index is 11.8. The van der Waals surface area contributed by atoms with Gasteiger partial charge < -0.3 is 10.1 Å². The third-order valence-electron chi connectivity index (χ3n) is 3.48. The maximum Gasteiger partial charge on any atom is 0.310 e. The quantitative estimate of drug-likeness (QED) is 0.833. The number of hydrogen-bond acceptors (Lipinski definition) is 3. The van der Waals surface area contributed by atoms with E-state index in [9.17, 15) is 4.79 Å². The first-order valence-corrected chi connectivity index (χ1v) is 6.64. The molecule has 0 spiro atoms. The molecule has 3 heteroatoms. The molecule has 18 heavy (non-hydrogen) atoms. The molecule has 1 saturated heterocycles. The largest absolute Gasteiger partial charge is 0.466 e. The first-order valence-electron chi connectivity index (χ1n) is 6.64. The second kappa shape index (κ2) is 6.01. The van der Waals surface area contributed by atoms with Crippen LogP contribution in [0.15, 0.2) is 24.3 Å².